The van der Waals surface area contributed by atoms with Crippen LogP contribution in [0.2, 0.25) is 5.02 Å². The van der Waals surface area contributed by atoms with E-state index in [2.05, 4.69) is 5.10 Å². The predicted molar refractivity (Wildman–Crippen MR) is 154 cm³/mol. The van der Waals surface area contributed by atoms with E-state index in [1.54, 1.807) is 60.3 Å². The number of carboxylic acid groups (broad SMARTS) is 1. The number of para-hydroxylation sites is 1. The van der Waals surface area contributed by atoms with Crippen molar-refractivity contribution >= 4 is 35.2 Å². The third kappa shape index (κ3) is 6.73. The molecule has 1 aliphatic heterocycles. The number of amides is 1. The first-order valence-corrected chi connectivity index (χ1v) is 13.5. The zero-order valence-corrected chi connectivity index (χ0v) is 24.2. The smallest absolute Gasteiger partial charge is 0.328 e. The molecule has 1 amide bonds. The molecule has 2 atom stereocenters. The van der Waals surface area contributed by atoms with Gasteiger partial charge in [0, 0.05) is 65.6 Å². The first kappa shape index (κ1) is 30.1. The van der Waals surface area contributed by atoms with Crippen LogP contribution in [-0.2, 0) is 20.9 Å². The minimum absolute atomic E-state index is 0.134. The van der Waals surface area contributed by atoms with Gasteiger partial charge in [-0.15, -0.1) is 0 Å². The third-order valence-corrected chi connectivity index (χ3v) is 7.12. The number of aryl methyl sites for hydroxylation is 1. The average Bonchev–Trinajstić information content (AvgIpc) is 3.37. The Morgan fingerprint density at radius 1 is 1.17 bits per heavy atom. The number of anilines is 1. The summed E-state index contributed by atoms with van der Waals surface area (Å²) in [6.07, 6.45) is 2.59. The molecule has 0 bridgehead atoms. The van der Waals surface area contributed by atoms with Crippen molar-refractivity contribution in [1.82, 2.24) is 9.78 Å². The summed E-state index contributed by atoms with van der Waals surface area (Å²) in [5, 5.41) is 23.9. The van der Waals surface area contributed by atoms with Gasteiger partial charge in [0.15, 0.2) is 11.5 Å². The lowest BCUT2D eigenvalue weighted by molar-refractivity contribution is -0.133. The van der Waals surface area contributed by atoms with Crippen molar-refractivity contribution in [3.63, 3.8) is 0 Å². The number of aliphatic hydroxyl groups excluding tert-OH is 1. The number of benzene rings is 2. The average molecular weight is 584 g/mol. The second kappa shape index (κ2) is 12.8. The van der Waals surface area contributed by atoms with Crippen molar-refractivity contribution in [3.8, 4) is 11.5 Å². The normalized spacial score (nSPS) is 17.4. The number of hydrogen-bond acceptors (Lipinski definition) is 7. The minimum atomic E-state index is -1.08. The van der Waals surface area contributed by atoms with Crippen molar-refractivity contribution in [2.75, 3.05) is 32.3 Å². The lowest BCUT2D eigenvalue weighted by Gasteiger charge is -2.32. The van der Waals surface area contributed by atoms with Crippen LogP contribution in [0.15, 0.2) is 54.7 Å². The van der Waals surface area contributed by atoms with Crippen LogP contribution in [0.1, 0.15) is 43.2 Å². The number of hydrogen-bond donors (Lipinski definition) is 2. The highest BCUT2D eigenvalue weighted by molar-refractivity contribution is 6.30. The summed E-state index contributed by atoms with van der Waals surface area (Å²) in [5.41, 5.74) is 1.90. The molecular formula is C30H34ClN3O7. The number of nitrogens with zero attached hydrogens (tertiary/aromatic N) is 3. The Hall–Kier alpha value is -3.86. The number of halogens is 1. The molecule has 2 heterocycles. The Kier molecular flexibility index (Phi) is 9.37. The number of aliphatic carboxylic acids is 1. The van der Waals surface area contributed by atoms with Crippen molar-refractivity contribution in [2.45, 2.75) is 39.0 Å². The van der Waals surface area contributed by atoms with E-state index >= 15 is 0 Å². The highest BCUT2D eigenvalue weighted by Gasteiger charge is 2.39. The number of ether oxygens (including phenoxy) is 3. The third-order valence-electron chi connectivity index (χ3n) is 6.88. The topological polar surface area (TPSA) is 123 Å². The lowest BCUT2D eigenvalue weighted by atomic mass is 9.92. The maximum atomic E-state index is 14.2. The van der Waals surface area contributed by atoms with Crippen molar-refractivity contribution in [3.05, 3.63) is 76.6 Å². The number of methoxy groups -OCH3 is 2. The van der Waals surface area contributed by atoms with Gasteiger partial charge in [-0.25, -0.2) is 4.79 Å². The summed E-state index contributed by atoms with van der Waals surface area (Å²) in [5.74, 6) is -0.383. The summed E-state index contributed by atoms with van der Waals surface area (Å²) in [6, 6.07) is 12.4. The highest BCUT2D eigenvalue weighted by Crippen LogP contribution is 2.45. The fourth-order valence-electron chi connectivity index (χ4n) is 4.83. The summed E-state index contributed by atoms with van der Waals surface area (Å²) in [7, 11) is 3.09. The number of carbonyl (C=O) groups excluding carboxylic acids is 1. The second-order valence-electron chi connectivity index (χ2n) is 10.5. The molecule has 218 valence electrons. The molecule has 0 spiro atoms. The van der Waals surface area contributed by atoms with Crippen LogP contribution in [0, 0.1) is 5.41 Å². The fraction of sp³-hybridized carbons (Fsp3) is 0.367. The van der Waals surface area contributed by atoms with Crippen LogP contribution >= 0.6 is 11.6 Å². The van der Waals surface area contributed by atoms with E-state index in [-0.39, 0.29) is 32.0 Å². The minimum Gasteiger partial charge on any atom is -0.493 e. The van der Waals surface area contributed by atoms with Crippen LogP contribution in [0.25, 0.3) is 6.08 Å². The monoisotopic (exact) mass is 583 g/mol. The SMILES string of the molecule is COc1cccc([C@H]2O[C@H](CCn3nccc3/C=C/C(=O)O)C(=O)N(CC(C)(C)CO)c3ccc(Cl)cc32)c1OC. The van der Waals surface area contributed by atoms with E-state index in [4.69, 9.17) is 30.9 Å². The van der Waals surface area contributed by atoms with Crippen molar-refractivity contribution in [2.24, 2.45) is 5.41 Å². The molecule has 0 aliphatic carbocycles. The van der Waals surface area contributed by atoms with Crippen LogP contribution < -0.4 is 14.4 Å². The molecule has 0 unspecified atom stereocenters. The molecular weight excluding hydrogens is 550 g/mol. The first-order valence-electron chi connectivity index (χ1n) is 13.1. The van der Waals surface area contributed by atoms with Gasteiger partial charge in [0.25, 0.3) is 5.91 Å². The van der Waals surface area contributed by atoms with E-state index in [9.17, 15) is 14.7 Å². The maximum Gasteiger partial charge on any atom is 0.328 e. The molecule has 0 saturated heterocycles. The largest absolute Gasteiger partial charge is 0.493 e. The van der Waals surface area contributed by atoms with Crippen molar-refractivity contribution < 1.29 is 34.0 Å². The van der Waals surface area contributed by atoms with Gasteiger partial charge in [-0.3, -0.25) is 9.48 Å². The fourth-order valence-corrected chi connectivity index (χ4v) is 5.01. The number of fused-ring (bicyclic) bond motifs is 1. The van der Waals surface area contributed by atoms with E-state index < -0.39 is 23.6 Å². The molecule has 41 heavy (non-hydrogen) atoms. The zero-order valence-electron chi connectivity index (χ0n) is 23.4. The Morgan fingerprint density at radius 2 is 1.95 bits per heavy atom. The van der Waals surface area contributed by atoms with Gasteiger partial charge in [0.2, 0.25) is 0 Å². The highest BCUT2D eigenvalue weighted by atomic mass is 35.5. The van der Waals surface area contributed by atoms with E-state index in [0.717, 1.165) is 6.08 Å². The van der Waals surface area contributed by atoms with Crippen LogP contribution in [-0.4, -0.2) is 65.3 Å². The maximum absolute atomic E-state index is 14.2. The van der Waals surface area contributed by atoms with E-state index in [1.165, 1.54) is 6.08 Å². The number of carbonyl (C=O) groups is 2. The van der Waals surface area contributed by atoms with Gasteiger partial charge in [0.1, 0.15) is 12.2 Å². The molecule has 1 aromatic heterocycles. The Morgan fingerprint density at radius 3 is 2.63 bits per heavy atom. The zero-order chi connectivity index (χ0) is 29.7. The lowest BCUT2D eigenvalue weighted by Crippen LogP contribution is -2.45. The van der Waals surface area contributed by atoms with Crippen LogP contribution in [0.5, 0.6) is 11.5 Å². The van der Waals surface area contributed by atoms with Gasteiger partial charge >= 0.3 is 5.97 Å². The molecule has 11 heteroatoms. The second-order valence-corrected chi connectivity index (χ2v) is 10.9. The summed E-state index contributed by atoms with van der Waals surface area (Å²) in [6.45, 7) is 4.13. The summed E-state index contributed by atoms with van der Waals surface area (Å²) < 4.78 is 19.5. The van der Waals surface area contributed by atoms with Gasteiger partial charge in [-0.2, -0.15) is 5.10 Å². The molecule has 3 aromatic rings. The van der Waals surface area contributed by atoms with Gasteiger partial charge in [0.05, 0.1) is 19.9 Å². The van der Waals surface area contributed by atoms with Crippen LogP contribution in [0.3, 0.4) is 0 Å². The Balaban J connectivity index is 1.82. The molecule has 0 saturated carbocycles. The van der Waals surface area contributed by atoms with Gasteiger partial charge in [-0.1, -0.05) is 37.6 Å². The van der Waals surface area contributed by atoms with Crippen molar-refractivity contribution in [1.29, 1.82) is 0 Å². The Bertz CT molecular complexity index is 1440. The summed E-state index contributed by atoms with van der Waals surface area (Å²) >= 11 is 6.48. The first-order chi connectivity index (χ1) is 19.6. The predicted octanol–water partition coefficient (Wildman–Crippen LogP) is 4.58. The molecule has 2 aromatic carbocycles. The van der Waals surface area contributed by atoms with E-state index in [1.807, 2.05) is 26.0 Å². The Labute approximate surface area is 243 Å². The molecule has 2 N–H and O–H groups in total. The van der Waals surface area contributed by atoms with Gasteiger partial charge < -0.3 is 29.3 Å². The van der Waals surface area contributed by atoms with Gasteiger partial charge in [-0.05, 0) is 36.4 Å². The quantitative estimate of drug-likeness (QED) is 0.314. The number of aromatic nitrogens is 2. The standard InChI is InChI=1S/C30H34ClN3O7/c1-30(2,18-35)17-33-23-10-8-19(31)16-22(23)27(21-6-5-7-24(39-3)28(21)40-4)41-25(29(33)38)13-15-34-20(12-14-32-34)9-11-26(36)37/h5-12,14,16,25,27,35H,13,15,17-18H2,1-4H3,(H,36,37)/b11-9+/t25-,27-/m1/s1. The number of carboxylic acids is 1. The summed E-state index contributed by atoms with van der Waals surface area (Å²) in [4.78, 5) is 26.9. The van der Waals surface area contributed by atoms with Crippen LogP contribution in [0.4, 0.5) is 5.69 Å². The molecule has 0 fully saturated rings. The molecule has 1 aliphatic rings. The van der Waals surface area contributed by atoms with E-state index in [0.29, 0.717) is 39.0 Å². The number of aliphatic hydroxyl groups is 1. The molecule has 4 rings (SSSR count). The molecule has 0 radical (unpaired) electrons. The molecule has 10 nitrogen and oxygen atoms in total. The number of rotatable bonds is 11.